The molecule has 1 aromatic carbocycles. The molecule has 0 bridgehead atoms. The van der Waals surface area contributed by atoms with Crippen molar-refractivity contribution in [3.63, 3.8) is 0 Å². The van der Waals surface area contributed by atoms with Crippen molar-refractivity contribution < 1.29 is 23.9 Å². The van der Waals surface area contributed by atoms with Crippen LogP contribution < -0.4 is 26.2 Å². The molecule has 5 N–H and O–H groups in total. The van der Waals surface area contributed by atoms with Crippen molar-refractivity contribution in [1.29, 1.82) is 0 Å². The highest BCUT2D eigenvalue weighted by Gasteiger charge is 2.65. The summed E-state index contributed by atoms with van der Waals surface area (Å²) in [5.41, 5.74) is 2.68. The zero-order valence-electron chi connectivity index (χ0n) is 32.1. The van der Waals surface area contributed by atoms with Gasteiger partial charge >= 0.3 is 12.1 Å². The second-order valence-corrected chi connectivity index (χ2v) is 16.2. The summed E-state index contributed by atoms with van der Waals surface area (Å²) in [6, 6.07) is 10.3. The molecule has 16 heteroatoms. The zero-order chi connectivity index (χ0) is 39.1. The fraction of sp³-hybridized carbons (Fsp3) is 0.488. The third-order valence-corrected chi connectivity index (χ3v) is 12.8. The largest absolute Gasteiger partial charge is 0.437 e. The number of hydrogen-bond acceptors (Lipinski definition) is 10. The number of amides is 5. The summed E-state index contributed by atoms with van der Waals surface area (Å²) >= 11 is 0. The van der Waals surface area contributed by atoms with Crippen LogP contribution in [-0.4, -0.2) is 118 Å². The van der Waals surface area contributed by atoms with Gasteiger partial charge in [0.25, 0.3) is 0 Å². The number of carbonyl (C=O) groups is 4. The number of aryl methyl sites for hydroxylation is 1. The standard InChI is InChI=1S/C41H49N11O5/c1-26-21-27(22-29-25-45-49-34(26)29)23-33(46-38(55)52-15-8-40(9-16-52)31-3-2-10-44-35(31)47-39(56)57-40)36(53)48-41(24-32(41)28-4-11-42-12-5-28)37(54)51-19-17-50(18-20-51)30-6-13-43-14-7-30/h2-3,6-7,10,13-14,21-22,25,28,32-33,42H,4-5,8-9,11-12,15-20,23-24H2,1H3,(H,45,49)(H,46,55)(H,48,53)(H,44,47,56)/t32?,33-,41?/m1/s1. The number of nitrogens with one attached hydrogen (secondary N) is 5. The van der Waals surface area contributed by atoms with E-state index in [1.807, 2.05) is 48.2 Å². The maximum Gasteiger partial charge on any atom is 0.413 e. The van der Waals surface area contributed by atoms with Gasteiger partial charge in [-0.25, -0.2) is 14.6 Å². The van der Waals surface area contributed by atoms with E-state index in [9.17, 15) is 19.2 Å². The number of benzene rings is 1. The lowest BCUT2D eigenvalue weighted by Crippen LogP contribution is -2.61. The Balaban J connectivity index is 0.950. The number of likely N-dealkylation sites (tertiary alicyclic amines) is 1. The monoisotopic (exact) mass is 775 g/mol. The molecular formula is C41H49N11O5. The number of piperidine rings is 2. The minimum atomic E-state index is -1.04. The van der Waals surface area contributed by atoms with Crippen LogP contribution in [0.5, 0.6) is 0 Å². The summed E-state index contributed by atoms with van der Waals surface area (Å²) in [6.07, 6.45) is 9.79. The Hall–Kier alpha value is -5.77. The van der Waals surface area contributed by atoms with Crippen molar-refractivity contribution in [1.82, 2.24) is 45.9 Å². The van der Waals surface area contributed by atoms with Crippen molar-refractivity contribution in [2.24, 2.45) is 11.8 Å². The molecule has 5 amide bonds. The van der Waals surface area contributed by atoms with Gasteiger partial charge in [-0.15, -0.1) is 0 Å². The molecule has 57 heavy (non-hydrogen) atoms. The molecular weight excluding hydrogens is 727 g/mol. The normalized spacial score (nSPS) is 23.6. The van der Waals surface area contributed by atoms with Crippen LogP contribution >= 0.6 is 0 Å². The first-order chi connectivity index (χ1) is 27.7. The molecule has 4 aliphatic heterocycles. The number of urea groups is 1. The topological polar surface area (TPSA) is 190 Å². The number of carbonyl (C=O) groups excluding carboxylic acids is 4. The number of pyridine rings is 2. The number of piperazine rings is 1. The van der Waals surface area contributed by atoms with Gasteiger partial charge in [-0.05, 0) is 92.6 Å². The molecule has 3 saturated heterocycles. The minimum Gasteiger partial charge on any atom is -0.437 e. The van der Waals surface area contributed by atoms with E-state index < -0.39 is 29.3 Å². The molecule has 7 heterocycles. The third-order valence-electron chi connectivity index (χ3n) is 12.8. The van der Waals surface area contributed by atoms with Gasteiger partial charge in [-0.1, -0.05) is 6.07 Å². The number of ether oxygens (including phenoxy) is 1. The number of H-pyrrole nitrogens is 1. The summed E-state index contributed by atoms with van der Waals surface area (Å²) < 4.78 is 5.86. The molecule has 298 valence electrons. The third kappa shape index (κ3) is 7.11. The molecule has 4 fully saturated rings. The second-order valence-electron chi connectivity index (χ2n) is 16.2. The maximum absolute atomic E-state index is 14.8. The molecule has 3 aromatic heterocycles. The maximum atomic E-state index is 14.8. The molecule has 3 atom stereocenters. The molecule has 9 rings (SSSR count). The van der Waals surface area contributed by atoms with Gasteiger partial charge in [-0.3, -0.25) is 25.0 Å². The van der Waals surface area contributed by atoms with E-state index in [0.29, 0.717) is 70.3 Å². The Morgan fingerprint density at radius 3 is 2.53 bits per heavy atom. The molecule has 1 saturated carbocycles. The predicted molar refractivity (Wildman–Crippen MR) is 211 cm³/mol. The number of aromatic amines is 1. The molecule has 5 aliphatic rings. The Kier molecular flexibility index (Phi) is 9.67. The highest BCUT2D eigenvalue weighted by molar-refractivity contribution is 5.97. The van der Waals surface area contributed by atoms with Gasteiger partial charge in [0.1, 0.15) is 23.0 Å². The Morgan fingerprint density at radius 1 is 0.982 bits per heavy atom. The number of rotatable bonds is 8. The first kappa shape index (κ1) is 36.8. The van der Waals surface area contributed by atoms with Crippen molar-refractivity contribution >= 4 is 46.3 Å². The smallest absolute Gasteiger partial charge is 0.413 e. The van der Waals surface area contributed by atoms with E-state index in [1.165, 1.54) is 0 Å². The fourth-order valence-electron chi connectivity index (χ4n) is 9.64. The van der Waals surface area contributed by atoms with Crippen LogP contribution in [0.15, 0.2) is 61.2 Å². The average Bonchev–Trinajstić information content (AvgIpc) is 3.76. The van der Waals surface area contributed by atoms with Gasteiger partial charge < -0.3 is 35.4 Å². The highest BCUT2D eigenvalue weighted by atomic mass is 16.6. The van der Waals surface area contributed by atoms with Crippen LogP contribution in [0.1, 0.15) is 48.8 Å². The number of aromatic nitrogens is 4. The van der Waals surface area contributed by atoms with Crippen LogP contribution in [0, 0.1) is 18.8 Å². The van der Waals surface area contributed by atoms with Gasteiger partial charge in [-0.2, -0.15) is 5.10 Å². The molecule has 16 nitrogen and oxygen atoms in total. The number of anilines is 2. The predicted octanol–water partition coefficient (Wildman–Crippen LogP) is 3.06. The van der Waals surface area contributed by atoms with E-state index in [2.05, 4.69) is 46.3 Å². The molecule has 4 aromatic rings. The lowest BCUT2D eigenvalue weighted by molar-refractivity contribution is -0.139. The lowest BCUT2D eigenvalue weighted by atomic mass is 9.83. The quantitative estimate of drug-likeness (QED) is 0.178. The Morgan fingerprint density at radius 2 is 1.75 bits per heavy atom. The first-order valence-electron chi connectivity index (χ1n) is 20.1. The fourth-order valence-corrected chi connectivity index (χ4v) is 9.64. The molecule has 2 unspecified atom stereocenters. The van der Waals surface area contributed by atoms with Crippen LogP contribution in [0.4, 0.5) is 21.1 Å². The first-order valence-corrected chi connectivity index (χ1v) is 20.1. The number of fused-ring (bicyclic) bond motifs is 3. The zero-order valence-corrected chi connectivity index (χ0v) is 32.1. The molecule has 1 spiro atoms. The summed E-state index contributed by atoms with van der Waals surface area (Å²) in [5.74, 6) is 0.364. The van der Waals surface area contributed by atoms with Crippen molar-refractivity contribution in [2.45, 2.75) is 62.6 Å². The van der Waals surface area contributed by atoms with Crippen LogP contribution in [0.25, 0.3) is 10.9 Å². The van der Waals surface area contributed by atoms with Gasteiger partial charge in [0.2, 0.25) is 11.8 Å². The summed E-state index contributed by atoms with van der Waals surface area (Å²) in [6.45, 7) is 6.80. The number of nitrogens with zero attached hydrogens (tertiary/aromatic N) is 6. The van der Waals surface area contributed by atoms with Crippen molar-refractivity contribution in [3.05, 3.63) is 77.9 Å². The van der Waals surface area contributed by atoms with Gasteiger partial charge in [0.05, 0.1) is 11.7 Å². The van der Waals surface area contributed by atoms with E-state index in [4.69, 9.17) is 4.74 Å². The van der Waals surface area contributed by atoms with Crippen molar-refractivity contribution in [2.75, 3.05) is 62.6 Å². The van der Waals surface area contributed by atoms with Crippen molar-refractivity contribution in [3.8, 4) is 0 Å². The summed E-state index contributed by atoms with van der Waals surface area (Å²) in [4.78, 5) is 70.4. The Bertz CT molecular complexity index is 2160. The van der Waals surface area contributed by atoms with Gasteiger partial charge in [0.15, 0.2) is 0 Å². The second kappa shape index (κ2) is 15.0. The SMILES string of the molecule is Cc1cc(C[C@@H](NC(=O)N2CCC3(CC2)OC(=O)Nc2ncccc23)C(=O)NC2(C(=O)N3CCN(c4ccncc4)CC3)CC2C2CCNCC2)cc2cn[nH]c12. The minimum absolute atomic E-state index is 0.0125. The van der Waals surface area contributed by atoms with E-state index in [-0.39, 0.29) is 24.2 Å². The molecule has 0 radical (unpaired) electrons. The van der Waals surface area contributed by atoms with E-state index in [0.717, 1.165) is 59.2 Å². The lowest BCUT2D eigenvalue weighted by Gasteiger charge is -2.43. The van der Waals surface area contributed by atoms with E-state index in [1.54, 1.807) is 29.7 Å². The highest BCUT2D eigenvalue weighted by Crippen LogP contribution is 2.52. The Labute approximate surface area is 330 Å². The van der Waals surface area contributed by atoms with Gasteiger partial charge in [0, 0.05) is 93.8 Å². The van der Waals surface area contributed by atoms with E-state index >= 15 is 0 Å². The van der Waals surface area contributed by atoms with Crippen LogP contribution in [-0.2, 0) is 26.3 Å². The molecule has 1 aliphatic carbocycles. The van der Waals surface area contributed by atoms with Crippen LogP contribution in [0.3, 0.4) is 0 Å². The summed E-state index contributed by atoms with van der Waals surface area (Å²) in [7, 11) is 0. The van der Waals surface area contributed by atoms with Crippen LogP contribution in [0.2, 0.25) is 0 Å². The average molecular weight is 776 g/mol. The number of hydrogen-bond donors (Lipinski definition) is 5. The summed E-state index contributed by atoms with van der Waals surface area (Å²) in [5, 5.41) is 20.6.